The van der Waals surface area contributed by atoms with Crippen molar-refractivity contribution in [3.8, 4) is 0 Å². The zero-order chi connectivity index (χ0) is 25.1. The van der Waals surface area contributed by atoms with E-state index in [0.29, 0.717) is 23.8 Å². The number of hydrogen-bond acceptors (Lipinski definition) is 6. The first kappa shape index (κ1) is 24.5. The van der Waals surface area contributed by atoms with Gasteiger partial charge in [0.2, 0.25) is 10.0 Å². The molecule has 3 heterocycles. The number of aryl methyl sites for hydroxylation is 1. The monoisotopic (exact) mass is 520 g/mol. The summed E-state index contributed by atoms with van der Waals surface area (Å²) in [7, 11) is -3.58. The van der Waals surface area contributed by atoms with Crippen molar-refractivity contribution >= 4 is 42.6 Å². The van der Waals surface area contributed by atoms with Gasteiger partial charge in [-0.15, -0.1) is 0 Å². The molecule has 0 saturated carbocycles. The number of carbonyl (C=O) groups excluding carboxylic acids is 1. The number of rotatable bonds is 6. The van der Waals surface area contributed by atoms with Crippen molar-refractivity contribution in [2.24, 2.45) is 0 Å². The Morgan fingerprint density at radius 3 is 2.44 bits per heavy atom. The van der Waals surface area contributed by atoms with Crippen LogP contribution in [0, 0.1) is 6.92 Å². The second kappa shape index (κ2) is 10.5. The zero-order valence-corrected chi connectivity index (χ0v) is 21.8. The molecule has 9 heteroatoms. The third-order valence-electron chi connectivity index (χ3n) is 6.36. The van der Waals surface area contributed by atoms with Gasteiger partial charge in [-0.3, -0.25) is 14.7 Å². The molecule has 0 spiro atoms. The highest BCUT2D eigenvalue weighted by Gasteiger charge is 2.27. The second-order valence-electron chi connectivity index (χ2n) is 9.02. The fraction of sp³-hybridized carbons (Fsp3) is 0.296. The first-order valence-electron chi connectivity index (χ1n) is 12.1. The summed E-state index contributed by atoms with van der Waals surface area (Å²) < 4.78 is 28.9. The van der Waals surface area contributed by atoms with E-state index in [1.54, 1.807) is 27.5 Å². The van der Waals surface area contributed by atoms with Gasteiger partial charge in [0.25, 0.3) is 5.91 Å². The second-order valence-corrected chi connectivity index (χ2v) is 12.0. The van der Waals surface area contributed by atoms with Gasteiger partial charge in [0.1, 0.15) is 0 Å². The number of thiazole rings is 1. The average molecular weight is 521 g/mol. The van der Waals surface area contributed by atoms with Gasteiger partial charge in [0.15, 0.2) is 5.13 Å². The summed E-state index contributed by atoms with van der Waals surface area (Å²) in [5, 5.41) is 0.576. The largest absolute Gasteiger partial charge is 0.278 e. The lowest BCUT2D eigenvalue weighted by molar-refractivity contribution is 0.0984. The Kier molecular flexibility index (Phi) is 7.13. The van der Waals surface area contributed by atoms with Crippen molar-refractivity contribution in [2.45, 2.75) is 44.0 Å². The quantitative estimate of drug-likeness (QED) is 0.339. The number of benzene rings is 2. The van der Waals surface area contributed by atoms with E-state index in [2.05, 4.69) is 11.1 Å². The van der Waals surface area contributed by atoms with Crippen molar-refractivity contribution in [1.82, 2.24) is 14.3 Å². The summed E-state index contributed by atoms with van der Waals surface area (Å²) in [5.74, 6) is -0.254. The maximum absolute atomic E-state index is 13.7. The van der Waals surface area contributed by atoms with Gasteiger partial charge in [-0.1, -0.05) is 36.3 Å². The van der Waals surface area contributed by atoms with E-state index in [1.165, 1.54) is 23.5 Å². The molecule has 186 valence electrons. The molecule has 5 rings (SSSR count). The molecule has 1 amide bonds. The first-order chi connectivity index (χ1) is 17.4. The number of anilines is 1. The number of hydrogen-bond donors (Lipinski definition) is 0. The van der Waals surface area contributed by atoms with Gasteiger partial charge >= 0.3 is 0 Å². The number of aromatic nitrogens is 2. The summed E-state index contributed by atoms with van der Waals surface area (Å²) in [6.07, 6.45) is 5.55. The summed E-state index contributed by atoms with van der Waals surface area (Å²) in [5.41, 5.74) is 3.10. The van der Waals surface area contributed by atoms with E-state index in [0.717, 1.165) is 47.2 Å². The minimum absolute atomic E-state index is 0.215. The van der Waals surface area contributed by atoms with Crippen molar-refractivity contribution in [2.75, 3.05) is 18.0 Å². The molecule has 0 aliphatic carbocycles. The van der Waals surface area contributed by atoms with Crippen LogP contribution in [0.1, 0.15) is 47.3 Å². The Bertz CT molecular complexity index is 1460. The van der Waals surface area contributed by atoms with Crippen LogP contribution in [0.25, 0.3) is 10.2 Å². The van der Waals surface area contributed by atoms with Crippen LogP contribution in [0.3, 0.4) is 0 Å². The molecule has 0 bridgehead atoms. The van der Waals surface area contributed by atoms with Crippen LogP contribution < -0.4 is 4.90 Å². The lowest BCUT2D eigenvalue weighted by atomic mass is 10.2. The minimum Gasteiger partial charge on any atom is -0.278 e. The Labute approximate surface area is 215 Å². The molecule has 1 saturated heterocycles. The molecule has 1 fully saturated rings. The SMILES string of the molecule is Cc1ccc2nc(N(Cc3ccccn3)C(=O)c3ccc(S(=O)(=O)N4CCCCCC4)cc3)sc2c1. The number of sulfonamides is 1. The van der Waals surface area contributed by atoms with Gasteiger partial charge in [-0.2, -0.15) is 4.31 Å². The summed E-state index contributed by atoms with van der Waals surface area (Å²) in [4.78, 5) is 24.6. The van der Waals surface area contributed by atoms with Crippen molar-refractivity contribution in [3.63, 3.8) is 0 Å². The number of amides is 1. The molecule has 0 N–H and O–H groups in total. The molecule has 7 nitrogen and oxygen atoms in total. The molecular formula is C27H28N4O3S2. The lowest BCUT2D eigenvalue weighted by Crippen LogP contribution is -2.32. The smallest absolute Gasteiger partial charge is 0.260 e. The zero-order valence-electron chi connectivity index (χ0n) is 20.1. The number of pyridine rings is 1. The molecule has 36 heavy (non-hydrogen) atoms. The van der Waals surface area contributed by atoms with Crippen molar-refractivity contribution < 1.29 is 13.2 Å². The van der Waals surface area contributed by atoms with Crippen LogP contribution in [0.5, 0.6) is 0 Å². The number of nitrogens with zero attached hydrogens (tertiary/aromatic N) is 4. The maximum atomic E-state index is 13.7. The van der Waals surface area contributed by atoms with Crippen LogP contribution in [0.2, 0.25) is 0 Å². The topological polar surface area (TPSA) is 83.5 Å². The van der Waals surface area contributed by atoms with Crippen LogP contribution in [0.15, 0.2) is 71.8 Å². The standard InChI is InChI=1S/C27H28N4O3S2/c1-20-9-14-24-25(18-20)35-27(29-24)31(19-22-8-4-5-15-28-22)26(32)21-10-12-23(13-11-21)36(33,34)30-16-6-2-3-7-17-30/h4-5,8-15,18H,2-3,6-7,16-17,19H2,1H3. The normalized spacial score (nSPS) is 15.0. The molecule has 2 aromatic carbocycles. The Morgan fingerprint density at radius 1 is 1.00 bits per heavy atom. The van der Waals surface area contributed by atoms with Crippen LogP contribution in [0.4, 0.5) is 5.13 Å². The van der Waals surface area contributed by atoms with Crippen LogP contribution in [-0.4, -0.2) is 41.7 Å². The van der Waals surface area contributed by atoms with Gasteiger partial charge in [-0.05, 0) is 73.9 Å². The predicted molar refractivity (Wildman–Crippen MR) is 143 cm³/mol. The summed E-state index contributed by atoms with van der Waals surface area (Å²) >= 11 is 1.45. The molecular weight excluding hydrogens is 492 g/mol. The highest BCUT2D eigenvalue weighted by molar-refractivity contribution is 7.89. The fourth-order valence-electron chi connectivity index (χ4n) is 4.37. The Balaban J connectivity index is 1.46. The first-order valence-corrected chi connectivity index (χ1v) is 14.4. The summed E-state index contributed by atoms with van der Waals surface area (Å²) in [6, 6.07) is 17.9. The van der Waals surface area contributed by atoms with Crippen LogP contribution in [-0.2, 0) is 16.6 Å². The van der Waals surface area contributed by atoms with Gasteiger partial charge in [-0.25, -0.2) is 13.4 Å². The lowest BCUT2D eigenvalue weighted by Gasteiger charge is -2.21. The molecule has 0 unspecified atom stereocenters. The van der Waals surface area contributed by atoms with Gasteiger partial charge in [0.05, 0.1) is 27.4 Å². The highest BCUT2D eigenvalue weighted by Crippen LogP contribution is 2.31. The predicted octanol–water partition coefficient (Wildman–Crippen LogP) is 5.41. The third kappa shape index (κ3) is 5.18. The molecule has 0 atom stereocenters. The van der Waals surface area contributed by atoms with Gasteiger partial charge < -0.3 is 0 Å². The van der Waals surface area contributed by atoms with E-state index in [-0.39, 0.29) is 17.3 Å². The average Bonchev–Trinajstić information content (AvgIpc) is 3.10. The fourth-order valence-corrected chi connectivity index (χ4v) is 6.95. The van der Waals surface area contributed by atoms with E-state index in [4.69, 9.17) is 4.98 Å². The van der Waals surface area contributed by atoms with Gasteiger partial charge in [0, 0.05) is 24.8 Å². The maximum Gasteiger partial charge on any atom is 0.260 e. The van der Waals surface area contributed by atoms with Crippen molar-refractivity contribution in [3.05, 3.63) is 83.7 Å². The van der Waals surface area contributed by atoms with E-state index >= 15 is 0 Å². The van der Waals surface area contributed by atoms with E-state index in [9.17, 15) is 13.2 Å². The molecule has 2 aromatic heterocycles. The van der Waals surface area contributed by atoms with Crippen molar-refractivity contribution in [1.29, 1.82) is 0 Å². The summed E-state index contributed by atoms with van der Waals surface area (Å²) in [6.45, 7) is 3.36. The molecule has 4 aromatic rings. The molecule has 1 aliphatic heterocycles. The number of carbonyl (C=O) groups is 1. The van der Waals surface area contributed by atoms with E-state index < -0.39 is 10.0 Å². The molecule has 0 radical (unpaired) electrons. The Hall–Kier alpha value is -3.14. The third-order valence-corrected chi connectivity index (χ3v) is 9.31. The van der Waals surface area contributed by atoms with Crippen LogP contribution >= 0.6 is 11.3 Å². The Morgan fingerprint density at radius 2 is 1.75 bits per heavy atom. The highest BCUT2D eigenvalue weighted by atomic mass is 32.2. The number of fused-ring (bicyclic) bond motifs is 1. The molecule has 1 aliphatic rings. The minimum atomic E-state index is -3.58. The van der Waals surface area contributed by atoms with E-state index in [1.807, 2.05) is 37.3 Å².